The van der Waals surface area contributed by atoms with E-state index in [0.717, 1.165) is 30.1 Å². The summed E-state index contributed by atoms with van der Waals surface area (Å²) >= 11 is 0. The molecule has 16 heavy (non-hydrogen) atoms. The molecule has 2 saturated heterocycles. The Kier molecular flexibility index (Phi) is 2.97. The van der Waals surface area contributed by atoms with Gasteiger partial charge in [0.2, 0.25) is 0 Å². The van der Waals surface area contributed by atoms with E-state index in [4.69, 9.17) is 0 Å². The zero-order valence-electron chi connectivity index (χ0n) is 10.8. The lowest BCUT2D eigenvalue weighted by molar-refractivity contribution is 0.0726. The number of piperidine rings is 1. The SMILES string of the molecule is CNC1CC2CCC(C1)N2C(C)CC1CC1. The summed E-state index contributed by atoms with van der Waals surface area (Å²) in [5, 5.41) is 3.49. The van der Waals surface area contributed by atoms with Crippen molar-refractivity contribution in [1.29, 1.82) is 0 Å². The van der Waals surface area contributed by atoms with Crippen molar-refractivity contribution in [2.24, 2.45) is 5.92 Å². The highest BCUT2D eigenvalue weighted by atomic mass is 15.3. The molecule has 92 valence electrons. The molecule has 1 saturated carbocycles. The van der Waals surface area contributed by atoms with Crippen LogP contribution in [0.25, 0.3) is 0 Å². The van der Waals surface area contributed by atoms with Crippen LogP contribution in [-0.4, -0.2) is 36.1 Å². The lowest BCUT2D eigenvalue weighted by atomic mass is 9.94. The van der Waals surface area contributed by atoms with Gasteiger partial charge in [-0.25, -0.2) is 0 Å². The summed E-state index contributed by atoms with van der Waals surface area (Å²) < 4.78 is 0. The van der Waals surface area contributed by atoms with Crippen molar-refractivity contribution in [3.05, 3.63) is 0 Å². The Bertz CT molecular complexity index is 235. The van der Waals surface area contributed by atoms with Gasteiger partial charge in [0.05, 0.1) is 0 Å². The fraction of sp³-hybridized carbons (Fsp3) is 1.00. The Hall–Kier alpha value is -0.0800. The van der Waals surface area contributed by atoms with Crippen LogP contribution in [0, 0.1) is 5.92 Å². The first-order valence-corrected chi connectivity index (χ1v) is 7.22. The Morgan fingerprint density at radius 1 is 1.12 bits per heavy atom. The van der Waals surface area contributed by atoms with Crippen molar-refractivity contribution in [2.45, 2.75) is 76.0 Å². The van der Waals surface area contributed by atoms with Crippen molar-refractivity contribution in [1.82, 2.24) is 10.2 Å². The summed E-state index contributed by atoms with van der Waals surface area (Å²) in [4.78, 5) is 2.88. The van der Waals surface area contributed by atoms with Gasteiger partial charge in [-0.05, 0) is 52.0 Å². The molecule has 3 fully saturated rings. The standard InChI is InChI=1S/C14H26N2/c1-10(7-11-3-4-11)16-13-5-6-14(16)9-12(8-13)15-2/h10-15H,3-9H2,1-2H3. The second-order valence-electron chi connectivity index (χ2n) is 6.32. The molecule has 2 aliphatic heterocycles. The molecule has 0 amide bonds. The number of nitrogens with one attached hydrogen (secondary N) is 1. The van der Waals surface area contributed by atoms with Crippen molar-refractivity contribution in [3.8, 4) is 0 Å². The Balaban J connectivity index is 1.63. The predicted octanol–water partition coefficient (Wildman–Crippen LogP) is 2.39. The fourth-order valence-electron chi connectivity index (χ4n) is 4.13. The number of hydrogen-bond acceptors (Lipinski definition) is 2. The van der Waals surface area contributed by atoms with Crippen LogP contribution in [0.5, 0.6) is 0 Å². The minimum atomic E-state index is 0.793. The molecule has 3 atom stereocenters. The molecule has 1 N–H and O–H groups in total. The van der Waals surface area contributed by atoms with E-state index in [1.165, 1.54) is 44.9 Å². The smallest absolute Gasteiger partial charge is 0.0116 e. The van der Waals surface area contributed by atoms with Gasteiger partial charge in [0.25, 0.3) is 0 Å². The molecular formula is C14H26N2. The summed E-state index contributed by atoms with van der Waals surface area (Å²) in [6.45, 7) is 2.48. The first-order chi connectivity index (χ1) is 7.78. The third-order valence-corrected chi connectivity index (χ3v) is 5.08. The number of nitrogens with zero attached hydrogens (tertiary/aromatic N) is 1. The second kappa shape index (κ2) is 4.30. The van der Waals surface area contributed by atoms with E-state index in [1.54, 1.807) is 0 Å². The predicted molar refractivity (Wildman–Crippen MR) is 67.5 cm³/mol. The van der Waals surface area contributed by atoms with Crippen LogP contribution in [0.15, 0.2) is 0 Å². The topological polar surface area (TPSA) is 15.3 Å². The molecule has 2 nitrogen and oxygen atoms in total. The minimum Gasteiger partial charge on any atom is -0.317 e. The molecule has 2 bridgehead atoms. The maximum Gasteiger partial charge on any atom is 0.0116 e. The summed E-state index contributed by atoms with van der Waals surface area (Å²) in [5.41, 5.74) is 0. The quantitative estimate of drug-likeness (QED) is 0.786. The molecule has 0 aromatic heterocycles. The fourth-order valence-corrected chi connectivity index (χ4v) is 4.13. The summed E-state index contributed by atoms with van der Waals surface area (Å²) in [6.07, 6.45) is 10.2. The highest BCUT2D eigenvalue weighted by molar-refractivity contribution is 4.99. The summed E-state index contributed by atoms with van der Waals surface area (Å²) in [5.74, 6) is 1.08. The summed E-state index contributed by atoms with van der Waals surface area (Å²) in [6, 6.07) is 3.43. The number of hydrogen-bond donors (Lipinski definition) is 1. The molecule has 1 aliphatic carbocycles. The molecule has 3 aliphatic rings. The lowest BCUT2D eigenvalue weighted by Gasteiger charge is -2.42. The molecular weight excluding hydrogens is 196 g/mol. The van der Waals surface area contributed by atoms with Crippen molar-refractivity contribution in [2.75, 3.05) is 7.05 Å². The molecule has 0 radical (unpaired) electrons. The van der Waals surface area contributed by atoms with Crippen LogP contribution in [0.3, 0.4) is 0 Å². The van der Waals surface area contributed by atoms with Crippen LogP contribution in [0.2, 0.25) is 0 Å². The van der Waals surface area contributed by atoms with Gasteiger partial charge in [-0.1, -0.05) is 12.8 Å². The van der Waals surface area contributed by atoms with Gasteiger partial charge >= 0.3 is 0 Å². The maximum atomic E-state index is 3.49. The van der Waals surface area contributed by atoms with E-state index in [2.05, 4.69) is 24.2 Å². The largest absolute Gasteiger partial charge is 0.317 e. The average Bonchev–Trinajstić information content (AvgIpc) is 3.04. The van der Waals surface area contributed by atoms with Crippen LogP contribution < -0.4 is 5.32 Å². The zero-order chi connectivity index (χ0) is 11.1. The van der Waals surface area contributed by atoms with E-state index < -0.39 is 0 Å². The average molecular weight is 222 g/mol. The minimum absolute atomic E-state index is 0.793. The number of fused-ring (bicyclic) bond motifs is 2. The van der Waals surface area contributed by atoms with Crippen LogP contribution in [0.4, 0.5) is 0 Å². The van der Waals surface area contributed by atoms with Gasteiger partial charge in [0, 0.05) is 24.2 Å². The van der Waals surface area contributed by atoms with Crippen molar-refractivity contribution >= 4 is 0 Å². The van der Waals surface area contributed by atoms with Gasteiger partial charge in [0.15, 0.2) is 0 Å². The Morgan fingerprint density at radius 3 is 2.25 bits per heavy atom. The molecule has 3 rings (SSSR count). The normalized spacial score (nSPS) is 41.2. The van der Waals surface area contributed by atoms with Crippen LogP contribution >= 0.6 is 0 Å². The van der Waals surface area contributed by atoms with Crippen molar-refractivity contribution in [3.63, 3.8) is 0 Å². The molecule has 0 aromatic carbocycles. The van der Waals surface area contributed by atoms with Crippen LogP contribution in [-0.2, 0) is 0 Å². The van der Waals surface area contributed by atoms with Crippen LogP contribution in [0.1, 0.15) is 51.9 Å². The second-order valence-corrected chi connectivity index (χ2v) is 6.32. The molecule has 2 heterocycles. The molecule has 3 unspecified atom stereocenters. The molecule has 0 spiro atoms. The Labute approximate surface area is 99.8 Å². The highest BCUT2D eigenvalue weighted by Gasteiger charge is 2.43. The lowest BCUT2D eigenvalue weighted by Crippen LogP contribution is -2.51. The van der Waals surface area contributed by atoms with E-state index >= 15 is 0 Å². The zero-order valence-corrected chi connectivity index (χ0v) is 10.8. The van der Waals surface area contributed by atoms with Gasteiger partial charge in [-0.3, -0.25) is 4.90 Å². The first-order valence-electron chi connectivity index (χ1n) is 7.22. The van der Waals surface area contributed by atoms with Gasteiger partial charge < -0.3 is 5.32 Å². The van der Waals surface area contributed by atoms with Gasteiger partial charge in [0.1, 0.15) is 0 Å². The molecule has 0 aromatic rings. The third kappa shape index (κ3) is 2.02. The van der Waals surface area contributed by atoms with E-state index in [0.29, 0.717) is 0 Å². The third-order valence-electron chi connectivity index (χ3n) is 5.08. The van der Waals surface area contributed by atoms with E-state index in [-0.39, 0.29) is 0 Å². The van der Waals surface area contributed by atoms with Crippen molar-refractivity contribution < 1.29 is 0 Å². The Morgan fingerprint density at radius 2 is 1.75 bits per heavy atom. The summed E-state index contributed by atoms with van der Waals surface area (Å²) in [7, 11) is 2.13. The first kappa shape index (κ1) is 11.0. The monoisotopic (exact) mass is 222 g/mol. The highest BCUT2D eigenvalue weighted by Crippen LogP contribution is 2.41. The maximum absolute atomic E-state index is 3.49. The van der Waals surface area contributed by atoms with Gasteiger partial charge in [-0.15, -0.1) is 0 Å². The van der Waals surface area contributed by atoms with E-state index in [9.17, 15) is 0 Å². The number of rotatable bonds is 4. The van der Waals surface area contributed by atoms with Gasteiger partial charge in [-0.2, -0.15) is 0 Å². The molecule has 2 heteroatoms. The van der Waals surface area contributed by atoms with E-state index in [1.807, 2.05) is 0 Å².